The Morgan fingerprint density at radius 1 is 1.08 bits per heavy atom. The van der Waals surface area contributed by atoms with Crippen LogP contribution in [-0.4, -0.2) is 11.2 Å². The van der Waals surface area contributed by atoms with Crippen molar-refractivity contribution in [3.63, 3.8) is 0 Å². The van der Waals surface area contributed by atoms with Gasteiger partial charge in [-0.05, 0) is 40.5 Å². The van der Waals surface area contributed by atoms with Crippen LogP contribution in [0.5, 0.6) is 0 Å². The first kappa shape index (κ1) is 17.2. The Bertz CT molecular complexity index is 797. The van der Waals surface area contributed by atoms with Gasteiger partial charge in [0.1, 0.15) is 0 Å². The maximum atomic E-state index is 12.8. The van der Waals surface area contributed by atoms with Gasteiger partial charge in [-0.2, -0.15) is 13.2 Å². The highest BCUT2D eigenvalue weighted by atomic mass is 19.4. The van der Waals surface area contributed by atoms with E-state index < -0.39 is 11.7 Å². The molecule has 3 nitrogen and oxygen atoms in total. The van der Waals surface area contributed by atoms with Crippen molar-refractivity contribution < 1.29 is 13.2 Å². The molecular formula is C19H18F3N3. The van der Waals surface area contributed by atoms with Crippen LogP contribution in [0.4, 0.5) is 13.2 Å². The molecule has 0 radical (unpaired) electrons. The van der Waals surface area contributed by atoms with E-state index >= 15 is 0 Å². The summed E-state index contributed by atoms with van der Waals surface area (Å²) in [5.74, 6) is 0. The number of fused-ring (bicyclic) bond motifs is 1. The summed E-state index contributed by atoms with van der Waals surface area (Å²) < 4.78 is 38.4. The zero-order valence-corrected chi connectivity index (χ0v) is 13.5. The van der Waals surface area contributed by atoms with Gasteiger partial charge < -0.3 is 10.2 Å². The molecule has 0 amide bonds. The van der Waals surface area contributed by atoms with Crippen LogP contribution in [0, 0.1) is 5.41 Å². The number of hydrogen-bond acceptors (Lipinski definition) is 2. The highest BCUT2D eigenvalue weighted by molar-refractivity contribution is 5.58. The van der Waals surface area contributed by atoms with Crippen molar-refractivity contribution in [2.24, 2.45) is 0 Å². The van der Waals surface area contributed by atoms with Crippen molar-refractivity contribution in [3.8, 4) is 0 Å². The first-order valence-electron chi connectivity index (χ1n) is 7.89. The van der Waals surface area contributed by atoms with Crippen LogP contribution in [0.2, 0.25) is 0 Å². The highest BCUT2D eigenvalue weighted by Gasteiger charge is 2.30. The third kappa shape index (κ3) is 4.28. The van der Waals surface area contributed by atoms with Gasteiger partial charge in [-0.1, -0.05) is 30.3 Å². The van der Waals surface area contributed by atoms with Gasteiger partial charge in [-0.15, -0.1) is 0 Å². The Kier molecular flexibility index (Phi) is 4.90. The van der Waals surface area contributed by atoms with Gasteiger partial charge in [-0.25, -0.2) is 0 Å². The van der Waals surface area contributed by atoms with Crippen molar-refractivity contribution >= 4 is 12.4 Å². The van der Waals surface area contributed by atoms with E-state index in [0.717, 1.165) is 37.1 Å². The number of alkyl halides is 3. The third-order valence-electron chi connectivity index (χ3n) is 4.10. The Labute approximate surface area is 144 Å². The maximum Gasteiger partial charge on any atom is 0.416 e. The molecule has 6 heteroatoms. The lowest BCUT2D eigenvalue weighted by Gasteiger charge is -2.15. The molecule has 0 fully saturated rings. The second-order valence-electron chi connectivity index (χ2n) is 5.95. The first-order chi connectivity index (χ1) is 12.0. The molecule has 1 aliphatic heterocycles. The number of nitrogens with one attached hydrogen (secondary N) is 2. The third-order valence-corrected chi connectivity index (χ3v) is 4.10. The number of nitrogens with zero attached hydrogens (tertiary/aromatic N) is 1. The summed E-state index contributed by atoms with van der Waals surface area (Å²) in [4.78, 5) is 1.54. The fourth-order valence-corrected chi connectivity index (χ4v) is 2.80. The predicted molar refractivity (Wildman–Crippen MR) is 91.8 cm³/mol. The molecule has 2 N–H and O–H groups in total. The molecule has 2 aromatic rings. The van der Waals surface area contributed by atoms with Gasteiger partial charge in [0.2, 0.25) is 0 Å². The van der Waals surface area contributed by atoms with Crippen molar-refractivity contribution in [2.75, 3.05) is 0 Å². The summed E-state index contributed by atoms with van der Waals surface area (Å²) in [7, 11) is 0. The lowest BCUT2D eigenvalue weighted by atomic mass is 10.1. The molecule has 3 rings (SSSR count). The number of halogens is 3. The molecule has 0 aromatic heterocycles. The van der Waals surface area contributed by atoms with Crippen LogP contribution >= 0.6 is 0 Å². The van der Waals surface area contributed by atoms with Crippen LogP contribution in [0.1, 0.15) is 27.8 Å². The van der Waals surface area contributed by atoms with Crippen LogP contribution in [0.15, 0.2) is 48.7 Å². The molecular weight excluding hydrogens is 327 g/mol. The molecule has 1 heterocycles. The second-order valence-corrected chi connectivity index (χ2v) is 5.95. The largest absolute Gasteiger partial charge is 0.416 e. The van der Waals surface area contributed by atoms with Crippen LogP contribution in [-0.2, 0) is 25.8 Å². The molecule has 25 heavy (non-hydrogen) atoms. The number of hydrogen-bond donors (Lipinski definition) is 2. The SMILES string of the molecule is N=CN(/C=C/c1ccc2c(c1)CNC2)Cc1cccc(C(F)(F)F)c1. The fraction of sp³-hybridized carbons (Fsp3) is 0.211. The zero-order chi connectivity index (χ0) is 17.9. The summed E-state index contributed by atoms with van der Waals surface area (Å²) in [5.41, 5.74) is 3.36. The van der Waals surface area contributed by atoms with E-state index in [1.165, 1.54) is 17.2 Å². The van der Waals surface area contributed by atoms with E-state index in [0.29, 0.717) is 5.56 Å². The molecule has 2 aromatic carbocycles. The molecule has 0 bridgehead atoms. The minimum absolute atomic E-state index is 0.205. The second kappa shape index (κ2) is 7.11. The standard InChI is InChI=1S/C19H18F3N3/c20-19(21,22)18-3-1-2-15(9-18)12-25(13-23)7-6-14-4-5-16-10-24-11-17(16)8-14/h1-9,13,23-24H,10-12H2/b7-6+,23-13?. The van der Waals surface area contributed by atoms with Crippen molar-refractivity contribution in [2.45, 2.75) is 25.8 Å². The molecule has 1 aliphatic rings. The molecule has 0 unspecified atom stereocenters. The van der Waals surface area contributed by atoms with Gasteiger partial charge in [0.05, 0.1) is 11.9 Å². The fourth-order valence-electron chi connectivity index (χ4n) is 2.80. The van der Waals surface area contributed by atoms with Crippen LogP contribution in [0.25, 0.3) is 6.08 Å². The van der Waals surface area contributed by atoms with Gasteiger partial charge >= 0.3 is 6.18 Å². The Balaban J connectivity index is 1.72. The summed E-state index contributed by atoms with van der Waals surface area (Å²) in [6.07, 6.45) is 0.306. The van der Waals surface area contributed by atoms with E-state index in [4.69, 9.17) is 5.41 Å². The smallest absolute Gasteiger partial charge is 0.335 e. The van der Waals surface area contributed by atoms with Crippen molar-refractivity contribution in [3.05, 3.63) is 76.5 Å². The van der Waals surface area contributed by atoms with Crippen molar-refractivity contribution in [1.29, 1.82) is 5.41 Å². The summed E-state index contributed by atoms with van der Waals surface area (Å²) in [5, 5.41) is 10.8. The number of rotatable bonds is 5. The van der Waals surface area contributed by atoms with E-state index in [9.17, 15) is 13.2 Å². The van der Waals surface area contributed by atoms with Crippen molar-refractivity contribution in [1.82, 2.24) is 10.2 Å². The lowest BCUT2D eigenvalue weighted by molar-refractivity contribution is -0.137. The summed E-state index contributed by atoms with van der Waals surface area (Å²) >= 11 is 0. The predicted octanol–water partition coefficient (Wildman–Crippen LogP) is 4.39. The highest BCUT2D eigenvalue weighted by Crippen LogP contribution is 2.29. The zero-order valence-electron chi connectivity index (χ0n) is 13.5. The van der Waals surface area contributed by atoms with Gasteiger partial charge in [0.25, 0.3) is 0 Å². The summed E-state index contributed by atoms with van der Waals surface area (Å²) in [6.45, 7) is 1.92. The van der Waals surface area contributed by atoms with E-state index in [2.05, 4.69) is 17.4 Å². The van der Waals surface area contributed by atoms with Gasteiger partial charge in [0, 0.05) is 25.8 Å². The van der Waals surface area contributed by atoms with Gasteiger partial charge in [-0.3, -0.25) is 5.41 Å². The molecule has 0 atom stereocenters. The minimum atomic E-state index is -4.36. The quantitative estimate of drug-likeness (QED) is 0.623. The Hall–Kier alpha value is -2.60. The van der Waals surface area contributed by atoms with E-state index in [1.54, 1.807) is 17.2 Å². The average molecular weight is 345 g/mol. The Morgan fingerprint density at radius 3 is 2.64 bits per heavy atom. The van der Waals surface area contributed by atoms with E-state index in [-0.39, 0.29) is 6.54 Å². The monoisotopic (exact) mass is 345 g/mol. The minimum Gasteiger partial charge on any atom is -0.335 e. The first-order valence-corrected chi connectivity index (χ1v) is 7.89. The molecule has 0 aliphatic carbocycles. The van der Waals surface area contributed by atoms with Crippen LogP contribution < -0.4 is 5.32 Å². The number of benzene rings is 2. The molecule has 0 saturated heterocycles. The van der Waals surface area contributed by atoms with Gasteiger partial charge in [0.15, 0.2) is 0 Å². The van der Waals surface area contributed by atoms with Crippen LogP contribution in [0.3, 0.4) is 0 Å². The molecule has 0 saturated carbocycles. The topological polar surface area (TPSA) is 39.1 Å². The summed E-state index contributed by atoms with van der Waals surface area (Å²) in [6, 6.07) is 11.3. The molecule has 130 valence electrons. The lowest BCUT2D eigenvalue weighted by Crippen LogP contribution is -2.14. The molecule has 0 spiro atoms. The maximum absolute atomic E-state index is 12.8. The normalized spacial score (nSPS) is 13.9. The Morgan fingerprint density at radius 2 is 1.88 bits per heavy atom. The average Bonchev–Trinajstić information content (AvgIpc) is 3.05. The van der Waals surface area contributed by atoms with E-state index in [1.807, 2.05) is 12.1 Å².